The van der Waals surface area contributed by atoms with E-state index in [0.29, 0.717) is 0 Å². The van der Waals surface area contributed by atoms with E-state index < -0.39 is 0 Å². The first-order valence-electron chi connectivity index (χ1n) is 3.21. The molecule has 0 fully saturated rings. The number of hydrogen-bond acceptors (Lipinski definition) is 0. The second-order valence-corrected chi connectivity index (χ2v) is 6.16. The molecule has 0 nitrogen and oxygen atoms in total. The second kappa shape index (κ2) is 2.49. The zero-order valence-electron chi connectivity index (χ0n) is 6.07. The molecule has 1 aliphatic carbocycles. The maximum atomic E-state index is 3.63. The zero-order chi connectivity index (χ0) is 7.83. The van der Waals surface area contributed by atoms with Crippen LogP contribution >= 0.6 is 31.9 Å². The van der Waals surface area contributed by atoms with E-state index in [2.05, 4.69) is 70.0 Å². The average molecular weight is 266 g/mol. The summed E-state index contributed by atoms with van der Waals surface area (Å²) in [5, 5.41) is 0. The van der Waals surface area contributed by atoms with Crippen molar-refractivity contribution >= 4 is 31.9 Å². The Balaban J connectivity index is 2.96. The van der Waals surface area contributed by atoms with Crippen LogP contribution in [0.5, 0.6) is 0 Å². The van der Waals surface area contributed by atoms with Gasteiger partial charge in [-0.1, -0.05) is 56.2 Å². The largest absolute Gasteiger partial charge is 0.0792 e. The SMILES string of the molecule is CC1(Br)C=CC=CC1(C)Br. The quantitative estimate of drug-likeness (QED) is 0.589. The molecule has 2 heteroatoms. The first-order chi connectivity index (χ1) is 4.46. The predicted molar refractivity (Wildman–Crippen MR) is 52.9 cm³/mol. The van der Waals surface area contributed by atoms with Gasteiger partial charge in [-0.05, 0) is 13.8 Å². The first-order valence-corrected chi connectivity index (χ1v) is 4.79. The van der Waals surface area contributed by atoms with Gasteiger partial charge in [0.05, 0.1) is 8.65 Å². The van der Waals surface area contributed by atoms with Crippen LogP contribution in [0.4, 0.5) is 0 Å². The third-order valence-corrected chi connectivity index (χ3v) is 4.59. The summed E-state index contributed by atoms with van der Waals surface area (Å²) in [7, 11) is 0. The Hall–Kier alpha value is 0.440. The molecule has 0 aromatic carbocycles. The molecule has 0 amide bonds. The summed E-state index contributed by atoms with van der Waals surface area (Å²) in [5.74, 6) is 0. The van der Waals surface area contributed by atoms with Gasteiger partial charge in [-0.3, -0.25) is 0 Å². The standard InChI is InChI=1S/C8H10Br2/c1-7(9)5-3-4-6-8(7,2)10/h3-6H,1-2H3. The Morgan fingerprint density at radius 1 is 0.900 bits per heavy atom. The molecular weight excluding hydrogens is 256 g/mol. The van der Waals surface area contributed by atoms with Crippen molar-refractivity contribution in [3.63, 3.8) is 0 Å². The van der Waals surface area contributed by atoms with E-state index in [0.717, 1.165) is 0 Å². The van der Waals surface area contributed by atoms with Crippen molar-refractivity contribution in [1.82, 2.24) is 0 Å². The summed E-state index contributed by atoms with van der Waals surface area (Å²) in [6, 6.07) is 0. The topological polar surface area (TPSA) is 0 Å². The number of rotatable bonds is 0. The van der Waals surface area contributed by atoms with Crippen LogP contribution in [0.3, 0.4) is 0 Å². The van der Waals surface area contributed by atoms with Crippen molar-refractivity contribution in [2.75, 3.05) is 0 Å². The molecule has 0 saturated heterocycles. The fourth-order valence-corrected chi connectivity index (χ4v) is 1.37. The minimum Gasteiger partial charge on any atom is -0.0792 e. The van der Waals surface area contributed by atoms with Gasteiger partial charge >= 0.3 is 0 Å². The molecule has 2 unspecified atom stereocenters. The summed E-state index contributed by atoms with van der Waals surface area (Å²) in [6.07, 6.45) is 8.39. The third kappa shape index (κ3) is 1.37. The van der Waals surface area contributed by atoms with E-state index in [1.54, 1.807) is 0 Å². The van der Waals surface area contributed by atoms with E-state index in [-0.39, 0.29) is 8.65 Å². The molecule has 0 spiro atoms. The van der Waals surface area contributed by atoms with Gasteiger partial charge in [-0.15, -0.1) is 0 Å². The Morgan fingerprint density at radius 2 is 1.20 bits per heavy atom. The Labute approximate surface area is 78.6 Å². The lowest BCUT2D eigenvalue weighted by molar-refractivity contribution is 0.675. The van der Waals surface area contributed by atoms with Crippen molar-refractivity contribution in [1.29, 1.82) is 0 Å². The Bertz CT molecular complexity index is 165. The lowest BCUT2D eigenvalue weighted by Crippen LogP contribution is -2.37. The highest BCUT2D eigenvalue weighted by atomic mass is 79.9. The molecule has 0 aromatic heterocycles. The van der Waals surface area contributed by atoms with Crippen molar-refractivity contribution in [2.24, 2.45) is 0 Å². The van der Waals surface area contributed by atoms with Crippen molar-refractivity contribution in [3.8, 4) is 0 Å². The van der Waals surface area contributed by atoms with Crippen molar-refractivity contribution < 1.29 is 0 Å². The van der Waals surface area contributed by atoms with Crippen LogP contribution < -0.4 is 0 Å². The molecule has 0 heterocycles. The molecule has 0 bridgehead atoms. The van der Waals surface area contributed by atoms with E-state index >= 15 is 0 Å². The normalized spacial score (nSPS) is 46.0. The van der Waals surface area contributed by atoms with E-state index in [1.807, 2.05) is 0 Å². The number of hydrogen-bond donors (Lipinski definition) is 0. The minimum absolute atomic E-state index is 0.0365. The van der Waals surface area contributed by atoms with E-state index in [4.69, 9.17) is 0 Å². The average Bonchev–Trinajstić information content (AvgIpc) is 1.77. The fraction of sp³-hybridized carbons (Fsp3) is 0.500. The van der Waals surface area contributed by atoms with Gasteiger partial charge in [-0.25, -0.2) is 0 Å². The highest BCUT2D eigenvalue weighted by Crippen LogP contribution is 2.42. The number of allylic oxidation sites excluding steroid dienone is 4. The molecule has 1 rings (SSSR count). The van der Waals surface area contributed by atoms with Crippen molar-refractivity contribution in [2.45, 2.75) is 22.5 Å². The van der Waals surface area contributed by atoms with Gasteiger partial charge in [0, 0.05) is 0 Å². The van der Waals surface area contributed by atoms with Gasteiger partial charge < -0.3 is 0 Å². The summed E-state index contributed by atoms with van der Waals surface area (Å²) < 4.78 is 0.0729. The molecule has 2 atom stereocenters. The minimum atomic E-state index is 0.0365. The van der Waals surface area contributed by atoms with E-state index in [1.165, 1.54) is 0 Å². The molecule has 10 heavy (non-hydrogen) atoms. The molecule has 0 saturated carbocycles. The monoisotopic (exact) mass is 264 g/mol. The molecular formula is C8H10Br2. The molecule has 0 aromatic rings. The van der Waals surface area contributed by atoms with Crippen LogP contribution in [0, 0.1) is 0 Å². The fourth-order valence-electron chi connectivity index (χ4n) is 0.798. The summed E-state index contributed by atoms with van der Waals surface area (Å²) in [6.45, 7) is 4.28. The molecule has 56 valence electrons. The van der Waals surface area contributed by atoms with Gasteiger partial charge in [0.2, 0.25) is 0 Å². The Kier molecular flexibility index (Phi) is 2.12. The summed E-state index contributed by atoms with van der Waals surface area (Å²) in [4.78, 5) is 0. The maximum absolute atomic E-state index is 3.63. The Morgan fingerprint density at radius 3 is 1.40 bits per heavy atom. The summed E-state index contributed by atoms with van der Waals surface area (Å²) in [5.41, 5.74) is 0. The highest BCUT2D eigenvalue weighted by Gasteiger charge is 2.37. The second-order valence-electron chi connectivity index (χ2n) is 2.87. The van der Waals surface area contributed by atoms with Crippen LogP contribution in [-0.2, 0) is 0 Å². The maximum Gasteiger partial charge on any atom is 0.0597 e. The summed E-state index contributed by atoms with van der Waals surface area (Å²) >= 11 is 7.26. The highest BCUT2D eigenvalue weighted by molar-refractivity contribution is 9.13. The third-order valence-electron chi connectivity index (χ3n) is 1.89. The van der Waals surface area contributed by atoms with Gasteiger partial charge in [0.15, 0.2) is 0 Å². The molecule has 1 aliphatic rings. The van der Waals surface area contributed by atoms with Gasteiger partial charge in [0.25, 0.3) is 0 Å². The number of alkyl halides is 2. The molecule has 0 aliphatic heterocycles. The lowest BCUT2D eigenvalue weighted by Gasteiger charge is -2.34. The van der Waals surface area contributed by atoms with E-state index in [9.17, 15) is 0 Å². The van der Waals surface area contributed by atoms with Crippen LogP contribution in [0.1, 0.15) is 13.8 Å². The van der Waals surface area contributed by atoms with Crippen LogP contribution in [0.15, 0.2) is 24.3 Å². The molecule has 0 N–H and O–H groups in total. The van der Waals surface area contributed by atoms with Crippen LogP contribution in [0.2, 0.25) is 0 Å². The van der Waals surface area contributed by atoms with Crippen molar-refractivity contribution in [3.05, 3.63) is 24.3 Å². The lowest BCUT2D eigenvalue weighted by atomic mass is 9.91. The zero-order valence-corrected chi connectivity index (χ0v) is 9.24. The predicted octanol–water partition coefficient (Wildman–Crippen LogP) is 3.42. The smallest absolute Gasteiger partial charge is 0.0597 e. The van der Waals surface area contributed by atoms with Crippen LogP contribution in [0.25, 0.3) is 0 Å². The van der Waals surface area contributed by atoms with Crippen LogP contribution in [-0.4, -0.2) is 8.65 Å². The number of halogens is 2. The van der Waals surface area contributed by atoms with Gasteiger partial charge in [-0.2, -0.15) is 0 Å². The molecule has 0 radical (unpaired) electrons. The first kappa shape index (κ1) is 8.54. The van der Waals surface area contributed by atoms with Gasteiger partial charge in [0.1, 0.15) is 0 Å².